The average molecular weight is 521 g/mol. The number of anilines is 1. The average Bonchev–Trinajstić information content (AvgIpc) is 3.54. The third kappa shape index (κ3) is 4.05. The Hall–Kier alpha value is -3.65. The van der Waals surface area contributed by atoms with Crippen LogP contribution < -0.4 is 10.6 Å². The van der Waals surface area contributed by atoms with Crippen molar-refractivity contribution in [2.75, 3.05) is 11.9 Å². The van der Waals surface area contributed by atoms with Crippen molar-refractivity contribution in [2.45, 2.75) is 24.3 Å². The second kappa shape index (κ2) is 8.61. The molecule has 0 bridgehead atoms. The zero-order valence-electron chi connectivity index (χ0n) is 18.0. The summed E-state index contributed by atoms with van der Waals surface area (Å²) in [6, 6.07) is 20.7. The van der Waals surface area contributed by atoms with Gasteiger partial charge in [0, 0.05) is 16.1 Å². The zero-order valence-corrected chi connectivity index (χ0v) is 19.6. The maximum atomic E-state index is 12.8. The molecule has 0 heterocycles. The van der Waals surface area contributed by atoms with Crippen LogP contribution in [0.4, 0.5) is 10.5 Å². The molecule has 0 atom stereocenters. The van der Waals surface area contributed by atoms with Crippen molar-refractivity contribution in [3.8, 4) is 11.1 Å². The fourth-order valence-corrected chi connectivity index (χ4v) is 4.80. The Morgan fingerprint density at radius 1 is 0.971 bits per heavy atom. The molecular weight excluding hydrogens is 500 g/mol. The fourth-order valence-electron chi connectivity index (χ4n) is 4.38. The van der Waals surface area contributed by atoms with E-state index < -0.39 is 23.5 Å². The predicted molar refractivity (Wildman–Crippen MR) is 130 cm³/mol. The van der Waals surface area contributed by atoms with Crippen molar-refractivity contribution < 1.29 is 24.2 Å². The van der Waals surface area contributed by atoms with Gasteiger partial charge in [0.15, 0.2) is 0 Å². The summed E-state index contributed by atoms with van der Waals surface area (Å²) in [6.07, 6.45) is 0.299. The molecule has 2 aliphatic rings. The molecule has 2 aliphatic carbocycles. The number of rotatable bonds is 6. The largest absolute Gasteiger partial charge is 0.478 e. The normalized spacial score (nSPS) is 15.1. The highest BCUT2D eigenvalue weighted by atomic mass is 79.9. The summed E-state index contributed by atoms with van der Waals surface area (Å²) in [5.41, 5.74) is 3.82. The first-order valence-electron chi connectivity index (χ1n) is 10.9. The molecule has 3 aromatic carbocycles. The molecule has 8 heteroatoms. The van der Waals surface area contributed by atoms with Crippen LogP contribution in [0.25, 0.3) is 11.1 Å². The molecule has 2 amide bonds. The fraction of sp³-hybridized carbons (Fsp3) is 0.192. The highest BCUT2D eigenvalue weighted by Crippen LogP contribution is 2.44. The molecular formula is C26H21BrN2O5. The summed E-state index contributed by atoms with van der Waals surface area (Å²) in [7, 11) is 0. The molecule has 7 nitrogen and oxygen atoms in total. The van der Waals surface area contributed by atoms with Crippen LogP contribution in [0.5, 0.6) is 0 Å². The van der Waals surface area contributed by atoms with Crippen LogP contribution in [0.3, 0.4) is 0 Å². The van der Waals surface area contributed by atoms with Gasteiger partial charge in [-0.1, -0.05) is 48.5 Å². The Labute approximate surface area is 204 Å². The summed E-state index contributed by atoms with van der Waals surface area (Å²) < 4.78 is 5.98. The van der Waals surface area contributed by atoms with Gasteiger partial charge in [0.1, 0.15) is 12.1 Å². The maximum absolute atomic E-state index is 12.8. The molecule has 0 spiro atoms. The Kier molecular flexibility index (Phi) is 5.61. The van der Waals surface area contributed by atoms with Gasteiger partial charge in [0.25, 0.3) is 0 Å². The first-order chi connectivity index (χ1) is 16.4. The molecule has 3 aromatic rings. The molecule has 1 fully saturated rings. The molecule has 0 radical (unpaired) electrons. The lowest BCUT2D eigenvalue weighted by Gasteiger charge is -2.19. The van der Waals surface area contributed by atoms with E-state index in [9.17, 15) is 19.5 Å². The van der Waals surface area contributed by atoms with E-state index >= 15 is 0 Å². The number of hydrogen-bond donors (Lipinski definition) is 3. The molecule has 0 saturated heterocycles. The Balaban J connectivity index is 1.24. The van der Waals surface area contributed by atoms with Crippen LogP contribution in [-0.2, 0) is 9.53 Å². The van der Waals surface area contributed by atoms with Gasteiger partial charge in [-0.3, -0.25) is 4.79 Å². The van der Waals surface area contributed by atoms with Crippen LogP contribution in [0.1, 0.15) is 40.2 Å². The van der Waals surface area contributed by atoms with Gasteiger partial charge in [-0.2, -0.15) is 0 Å². The van der Waals surface area contributed by atoms with Crippen LogP contribution in [0.2, 0.25) is 0 Å². The second-order valence-electron chi connectivity index (χ2n) is 8.49. The van der Waals surface area contributed by atoms with Gasteiger partial charge in [0.2, 0.25) is 5.91 Å². The van der Waals surface area contributed by atoms with Gasteiger partial charge in [-0.15, -0.1) is 0 Å². The van der Waals surface area contributed by atoms with E-state index in [4.69, 9.17) is 4.74 Å². The number of carbonyl (C=O) groups is 3. The number of halogens is 1. The SMILES string of the molecule is O=C(NC1(C(=O)Nc2ccc(Br)c(C(=O)O)c2)CC1)OCC1c2ccccc2-c2ccccc21. The number of hydrogen-bond acceptors (Lipinski definition) is 4. The minimum atomic E-state index is -1.11. The van der Waals surface area contributed by atoms with Crippen LogP contribution in [0, 0.1) is 0 Å². The molecule has 0 aromatic heterocycles. The van der Waals surface area contributed by atoms with Crippen molar-refractivity contribution in [3.63, 3.8) is 0 Å². The number of carbonyl (C=O) groups excluding carboxylic acids is 2. The maximum Gasteiger partial charge on any atom is 0.408 e. The monoisotopic (exact) mass is 520 g/mol. The first kappa shape index (κ1) is 22.2. The van der Waals surface area contributed by atoms with E-state index in [2.05, 4.69) is 38.7 Å². The van der Waals surface area contributed by atoms with Crippen molar-refractivity contribution in [3.05, 3.63) is 87.9 Å². The van der Waals surface area contributed by atoms with E-state index in [1.54, 1.807) is 12.1 Å². The number of amides is 2. The predicted octanol–water partition coefficient (Wildman–Crippen LogP) is 5.16. The van der Waals surface area contributed by atoms with Crippen LogP contribution in [0.15, 0.2) is 71.2 Å². The number of nitrogens with one attached hydrogen (secondary N) is 2. The molecule has 5 rings (SSSR count). The first-order valence-corrected chi connectivity index (χ1v) is 11.6. The van der Waals surface area contributed by atoms with E-state index in [1.807, 2.05) is 36.4 Å². The van der Waals surface area contributed by atoms with Crippen molar-refractivity contribution in [1.29, 1.82) is 0 Å². The Bertz CT molecular complexity index is 1270. The van der Waals surface area contributed by atoms with E-state index in [0.29, 0.717) is 23.0 Å². The van der Waals surface area contributed by atoms with E-state index in [0.717, 1.165) is 22.3 Å². The number of carboxylic acids is 1. The lowest BCUT2D eigenvalue weighted by Crippen LogP contribution is -2.46. The summed E-state index contributed by atoms with van der Waals surface area (Å²) in [5, 5.41) is 14.7. The van der Waals surface area contributed by atoms with Gasteiger partial charge < -0.3 is 20.5 Å². The third-order valence-corrected chi connectivity index (χ3v) is 7.02. The minimum absolute atomic E-state index is 0.0344. The highest BCUT2D eigenvalue weighted by molar-refractivity contribution is 9.10. The minimum Gasteiger partial charge on any atom is -0.478 e. The number of alkyl carbamates (subject to hydrolysis) is 1. The molecule has 3 N–H and O–H groups in total. The van der Waals surface area contributed by atoms with E-state index in [1.165, 1.54) is 6.07 Å². The summed E-state index contributed by atoms with van der Waals surface area (Å²) in [6.45, 7) is 0.159. The Morgan fingerprint density at radius 2 is 1.59 bits per heavy atom. The van der Waals surface area contributed by atoms with Gasteiger partial charge in [-0.25, -0.2) is 9.59 Å². The molecule has 1 saturated carbocycles. The van der Waals surface area contributed by atoms with Gasteiger partial charge in [-0.05, 0) is 69.2 Å². The zero-order chi connectivity index (χ0) is 23.9. The second-order valence-corrected chi connectivity index (χ2v) is 9.34. The standard InChI is InChI=1S/C26H21BrN2O5/c27-22-10-9-15(13-20(22)23(30)31)28-24(32)26(11-12-26)29-25(33)34-14-21-18-7-3-1-5-16(18)17-6-2-4-8-19(17)21/h1-10,13,21H,11-12,14H2,(H,28,32)(H,29,33)(H,30,31). The lowest BCUT2D eigenvalue weighted by molar-refractivity contribution is -0.119. The summed E-state index contributed by atoms with van der Waals surface area (Å²) in [4.78, 5) is 36.8. The Morgan fingerprint density at radius 3 is 2.18 bits per heavy atom. The number of fused-ring (bicyclic) bond motifs is 3. The summed E-state index contributed by atoms with van der Waals surface area (Å²) >= 11 is 3.18. The third-order valence-electron chi connectivity index (χ3n) is 6.32. The topological polar surface area (TPSA) is 105 Å². The van der Waals surface area contributed by atoms with Crippen LogP contribution in [-0.4, -0.2) is 35.2 Å². The molecule has 34 heavy (non-hydrogen) atoms. The van der Waals surface area contributed by atoms with Gasteiger partial charge >= 0.3 is 12.1 Å². The lowest BCUT2D eigenvalue weighted by atomic mass is 9.98. The van der Waals surface area contributed by atoms with E-state index in [-0.39, 0.29) is 18.1 Å². The number of ether oxygens (including phenoxy) is 1. The smallest absolute Gasteiger partial charge is 0.408 e. The number of benzene rings is 3. The molecule has 0 unspecified atom stereocenters. The van der Waals surface area contributed by atoms with Crippen molar-refractivity contribution >= 4 is 39.6 Å². The highest BCUT2D eigenvalue weighted by Gasteiger charge is 2.52. The number of carboxylic acid groups (broad SMARTS) is 1. The molecule has 172 valence electrons. The van der Waals surface area contributed by atoms with Crippen LogP contribution >= 0.6 is 15.9 Å². The van der Waals surface area contributed by atoms with Crippen molar-refractivity contribution in [1.82, 2.24) is 5.32 Å². The quantitative estimate of drug-likeness (QED) is 0.416. The van der Waals surface area contributed by atoms with Gasteiger partial charge in [0.05, 0.1) is 5.56 Å². The van der Waals surface area contributed by atoms with Crippen molar-refractivity contribution in [2.24, 2.45) is 0 Å². The number of aromatic carboxylic acids is 1. The molecule has 0 aliphatic heterocycles. The summed E-state index contributed by atoms with van der Waals surface area (Å²) in [5.74, 6) is -1.58.